The average Bonchev–Trinajstić information content (AvgIpc) is 2.78. The summed E-state index contributed by atoms with van der Waals surface area (Å²) in [4.78, 5) is -0.348. The Morgan fingerprint density at radius 3 is 2.62 bits per heavy atom. The molecule has 21 heavy (non-hydrogen) atoms. The molecule has 0 unspecified atom stereocenters. The third-order valence-corrected chi connectivity index (χ3v) is 8.67. The molecule has 118 valence electrons. The lowest BCUT2D eigenvalue weighted by Crippen LogP contribution is -2.40. The number of rotatable bonds is 2. The van der Waals surface area contributed by atoms with E-state index in [1.165, 1.54) is 30.4 Å². The molecule has 2 saturated carbocycles. The molecule has 0 radical (unpaired) electrons. The second-order valence-electron chi connectivity index (χ2n) is 7.22. The van der Waals surface area contributed by atoms with Gasteiger partial charge in [-0.3, -0.25) is 0 Å². The van der Waals surface area contributed by atoms with Gasteiger partial charge < -0.3 is 4.74 Å². The summed E-state index contributed by atoms with van der Waals surface area (Å²) in [6.45, 7) is 0. The lowest BCUT2D eigenvalue weighted by molar-refractivity contribution is 0.0518. The van der Waals surface area contributed by atoms with E-state index >= 15 is 0 Å². The normalized spacial score (nSPS) is 47.1. The molecule has 4 atom stereocenters. The fourth-order valence-electron chi connectivity index (χ4n) is 5.52. The first-order chi connectivity index (χ1) is 9.90. The van der Waals surface area contributed by atoms with Gasteiger partial charge in [-0.15, -0.1) is 23.2 Å². The van der Waals surface area contributed by atoms with Crippen LogP contribution in [0.3, 0.4) is 0 Å². The monoisotopic (exact) mass is 368 g/mol. The number of hydrogen-bond donors (Lipinski definition) is 0. The summed E-state index contributed by atoms with van der Waals surface area (Å²) >= 11 is 26.1. The van der Waals surface area contributed by atoms with Crippen LogP contribution in [0.2, 0.25) is 0 Å². The molecular weight excluding hydrogens is 350 g/mol. The summed E-state index contributed by atoms with van der Waals surface area (Å²) in [6, 6.07) is 0. The molecule has 0 heterocycles. The van der Waals surface area contributed by atoms with Crippen LogP contribution in [0.25, 0.3) is 0 Å². The Hall–Kier alpha value is 0.860. The predicted molar refractivity (Wildman–Crippen MR) is 88.4 cm³/mol. The smallest absolute Gasteiger partial charge is 0.153 e. The van der Waals surface area contributed by atoms with Crippen LogP contribution in [0.15, 0.2) is 11.1 Å². The minimum absolute atomic E-state index is 0.0559. The molecule has 2 fully saturated rings. The molecule has 0 N–H and O–H groups in total. The van der Waals surface area contributed by atoms with Gasteiger partial charge in [0.1, 0.15) is 10.4 Å². The van der Waals surface area contributed by atoms with Gasteiger partial charge in [0.05, 0.1) is 0 Å². The Morgan fingerprint density at radius 2 is 1.95 bits per heavy atom. The average molecular weight is 370 g/mol. The first-order valence-corrected chi connectivity index (χ1v) is 9.45. The minimum Gasteiger partial charge on any atom is -0.374 e. The molecule has 0 aromatic heterocycles. The van der Waals surface area contributed by atoms with Crippen molar-refractivity contribution in [2.45, 2.75) is 59.7 Å². The fraction of sp³-hybridized carbons (Fsp3) is 0.875. The van der Waals surface area contributed by atoms with Crippen LogP contribution in [0, 0.1) is 17.3 Å². The Bertz CT molecular complexity index is 514. The molecule has 0 aliphatic heterocycles. The van der Waals surface area contributed by atoms with Gasteiger partial charge in [-0.1, -0.05) is 47.2 Å². The number of fused-ring (bicyclic) bond motifs is 3. The van der Waals surface area contributed by atoms with Crippen molar-refractivity contribution in [3.05, 3.63) is 11.1 Å². The zero-order chi connectivity index (χ0) is 15.0. The number of methoxy groups -OCH3 is 1. The van der Waals surface area contributed by atoms with E-state index in [9.17, 15) is 0 Å². The van der Waals surface area contributed by atoms with Crippen LogP contribution < -0.4 is 0 Å². The van der Waals surface area contributed by atoms with Gasteiger partial charge in [0.2, 0.25) is 0 Å². The largest absolute Gasteiger partial charge is 0.374 e. The molecule has 0 aromatic rings. The molecule has 0 spiro atoms. The van der Waals surface area contributed by atoms with Crippen LogP contribution in [-0.2, 0) is 4.74 Å². The highest BCUT2D eigenvalue weighted by molar-refractivity contribution is 6.52. The lowest BCUT2D eigenvalue weighted by Gasteiger charge is -2.44. The standard InChI is InChI=1S/C16H20Cl4O/c1-21-15-8-11-9(7-12(15)16(15,19)20)6-10-4-2-3-5-14(10,11)13(17)18/h10,12-13H,2-8H2,1H3/t10-,12-,14+,15-/m0/s1. The zero-order valence-electron chi connectivity index (χ0n) is 12.1. The van der Waals surface area contributed by atoms with Crippen LogP contribution >= 0.6 is 46.4 Å². The summed E-state index contributed by atoms with van der Waals surface area (Å²) in [6.07, 6.45) is 7.72. The molecule has 0 bridgehead atoms. The quantitative estimate of drug-likeness (QED) is 0.451. The second-order valence-corrected chi connectivity index (χ2v) is 9.70. The van der Waals surface area contributed by atoms with E-state index in [-0.39, 0.29) is 16.2 Å². The first-order valence-electron chi connectivity index (χ1n) is 7.82. The van der Waals surface area contributed by atoms with Gasteiger partial charge in [-0.25, -0.2) is 0 Å². The minimum atomic E-state index is -0.758. The Balaban J connectivity index is 1.75. The molecule has 4 aliphatic carbocycles. The summed E-state index contributed by atoms with van der Waals surface area (Å²) in [5.41, 5.74) is 2.48. The van der Waals surface area contributed by atoms with Gasteiger partial charge in [0.25, 0.3) is 0 Å². The maximum Gasteiger partial charge on any atom is 0.153 e. The molecule has 4 aliphatic rings. The number of halogens is 4. The van der Waals surface area contributed by atoms with E-state index < -0.39 is 9.93 Å². The van der Waals surface area contributed by atoms with Crippen LogP contribution in [0.5, 0.6) is 0 Å². The third-order valence-electron chi connectivity index (χ3n) is 6.73. The Morgan fingerprint density at radius 1 is 1.19 bits per heavy atom. The van der Waals surface area contributed by atoms with Crippen molar-refractivity contribution >= 4 is 46.4 Å². The van der Waals surface area contributed by atoms with Crippen LogP contribution in [0.1, 0.15) is 44.9 Å². The summed E-state index contributed by atoms with van der Waals surface area (Å²) < 4.78 is 5.04. The molecule has 0 aromatic carbocycles. The maximum atomic E-state index is 6.53. The maximum absolute atomic E-state index is 6.53. The van der Waals surface area contributed by atoms with Crippen molar-refractivity contribution in [2.75, 3.05) is 7.11 Å². The van der Waals surface area contributed by atoms with Gasteiger partial charge in [-0.2, -0.15) is 0 Å². The summed E-state index contributed by atoms with van der Waals surface area (Å²) in [5, 5.41) is 0. The predicted octanol–water partition coefficient (Wildman–Crippen LogP) is 5.65. The SMILES string of the molecule is CO[C@@]12CC3=C(C[C@@H]4CCCC[C@]34C(Cl)Cl)C[C@@H]1C2(Cl)Cl. The van der Waals surface area contributed by atoms with Gasteiger partial charge in [0.15, 0.2) is 4.33 Å². The molecule has 1 nitrogen and oxygen atoms in total. The molecular formula is C16H20Cl4O. The fourth-order valence-corrected chi connectivity index (χ4v) is 7.30. The van der Waals surface area contributed by atoms with Crippen LogP contribution in [-0.4, -0.2) is 21.9 Å². The van der Waals surface area contributed by atoms with Crippen LogP contribution in [0.4, 0.5) is 0 Å². The topological polar surface area (TPSA) is 9.23 Å². The van der Waals surface area contributed by atoms with Crippen molar-refractivity contribution in [2.24, 2.45) is 17.3 Å². The number of ether oxygens (including phenoxy) is 1. The van der Waals surface area contributed by atoms with E-state index in [1.54, 1.807) is 7.11 Å². The highest BCUT2D eigenvalue weighted by Gasteiger charge is 2.79. The number of alkyl halides is 4. The first kappa shape index (κ1) is 15.4. The van der Waals surface area contributed by atoms with Crippen molar-refractivity contribution in [1.29, 1.82) is 0 Å². The molecule has 0 amide bonds. The summed E-state index contributed by atoms with van der Waals surface area (Å²) in [7, 11) is 1.73. The molecule has 0 saturated heterocycles. The molecule has 4 rings (SSSR count). The Labute approximate surface area is 146 Å². The van der Waals surface area contributed by atoms with Gasteiger partial charge >= 0.3 is 0 Å². The van der Waals surface area contributed by atoms with Crippen molar-refractivity contribution in [1.82, 2.24) is 0 Å². The van der Waals surface area contributed by atoms with E-state index in [2.05, 4.69) is 0 Å². The highest BCUT2D eigenvalue weighted by Crippen LogP contribution is 2.75. The van der Waals surface area contributed by atoms with E-state index in [0.29, 0.717) is 5.92 Å². The van der Waals surface area contributed by atoms with Gasteiger partial charge in [-0.05, 0) is 31.6 Å². The number of allylic oxidation sites excluding steroid dienone is 1. The van der Waals surface area contributed by atoms with Crippen molar-refractivity contribution in [3.8, 4) is 0 Å². The lowest BCUT2D eigenvalue weighted by atomic mass is 9.65. The van der Waals surface area contributed by atoms with Gasteiger partial charge in [0, 0.05) is 24.9 Å². The summed E-state index contributed by atoms with van der Waals surface area (Å²) in [5.74, 6) is 0.820. The zero-order valence-corrected chi connectivity index (χ0v) is 15.1. The van der Waals surface area contributed by atoms with E-state index in [1.807, 2.05) is 0 Å². The highest BCUT2D eigenvalue weighted by atomic mass is 35.5. The van der Waals surface area contributed by atoms with E-state index in [0.717, 1.165) is 25.7 Å². The third kappa shape index (κ3) is 1.71. The second kappa shape index (κ2) is 4.70. The van der Waals surface area contributed by atoms with Crippen molar-refractivity contribution in [3.63, 3.8) is 0 Å². The molecule has 5 heteroatoms. The number of hydrogen-bond acceptors (Lipinski definition) is 1. The van der Waals surface area contributed by atoms with E-state index in [4.69, 9.17) is 51.1 Å². The Kier molecular flexibility index (Phi) is 3.44. The van der Waals surface area contributed by atoms with Crippen molar-refractivity contribution < 1.29 is 4.74 Å².